The number of nitrogens with one attached hydrogen (secondary N) is 1. The van der Waals surface area contributed by atoms with Gasteiger partial charge in [0.15, 0.2) is 6.61 Å². The van der Waals surface area contributed by atoms with Crippen LogP contribution in [-0.2, 0) is 4.79 Å². The van der Waals surface area contributed by atoms with Gasteiger partial charge in [-0.2, -0.15) is 5.10 Å². The largest absolute Gasteiger partial charge is 0.484 e. The Morgan fingerprint density at radius 1 is 1.32 bits per heavy atom. The van der Waals surface area contributed by atoms with Gasteiger partial charge in [-0.25, -0.2) is 5.43 Å². The quantitative estimate of drug-likeness (QED) is 0.577. The lowest BCUT2D eigenvalue weighted by molar-refractivity contribution is -0.123. The lowest BCUT2D eigenvalue weighted by Gasteiger charge is -2.23. The average molecular weight is 404 g/mol. The Morgan fingerprint density at radius 2 is 2.16 bits per heavy atom. The normalized spacial score (nSPS) is 15.4. The highest BCUT2D eigenvalue weighted by molar-refractivity contribution is 9.10. The fourth-order valence-electron chi connectivity index (χ4n) is 3.03. The van der Waals surface area contributed by atoms with E-state index in [1.54, 1.807) is 12.3 Å². The molecule has 1 heterocycles. The van der Waals surface area contributed by atoms with Crippen LogP contribution >= 0.6 is 15.9 Å². The maximum Gasteiger partial charge on any atom is 0.277 e. The summed E-state index contributed by atoms with van der Waals surface area (Å²) in [5.41, 5.74) is 3.47. The molecule has 132 valence electrons. The Balaban J connectivity index is 1.44. The zero-order valence-corrected chi connectivity index (χ0v) is 15.6. The summed E-state index contributed by atoms with van der Waals surface area (Å²) in [6, 6.07) is 9.98. The Hall–Kier alpha value is -2.08. The van der Waals surface area contributed by atoms with Crippen molar-refractivity contribution in [1.29, 1.82) is 0 Å². The van der Waals surface area contributed by atoms with Crippen LogP contribution in [0, 0.1) is 0 Å². The Kier molecular flexibility index (Phi) is 6.28. The highest BCUT2D eigenvalue weighted by Crippen LogP contribution is 2.28. The number of nitrogens with zero attached hydrogens (tertiary/aromatic N) is 2. The van der Waals surface area contributed by atoms with Crippen LogP contribution in [0.1, 0.15) is 43.7 Å². The van der Waals surface area contributed by atoms with Crippen molar-refractivity contribution in [2.75, 3.05) is 6.61 Å². The van der Waals surface area contributed by atoms with E-state index in [0.29, 0.717) is 11.8 Å². The molecular weight excluding hydrogens is 382 g/mol. The fourth-order valence-corrected chi connectivity index (χ4v) is 3.41. The monoisotopic (exact) mass is 403 g/mol. The standard InChI is InChI=1S/C19H22BrN3O2/c20-16-5-4-8-18(11-16)25-14-19(24)22-21-12-15-9-10-23(13-15)17-6-2-1-3-7-17/h4-5,8-13,17H,1-3,6-7,14H2,(H,22,24)/b21-12+. The first kappa shape index (κ1) is 17.7. The van der Waals surface area contributed by atoms with Gasteiger partial charge in [0.05, 0.1) is 6.21 Å². The van der Waals surface area contributed by atoms with E-state index in [-0.39, 0.29) is 12.5 Å². The molecule has 2 aromatic rings. The molecule has 0 bridgehead atoms. The van der Waals surface area contributed by atoms with Crippen LogP contribution in [0.15, 0.2) is 52.3 Å². The van der Waals surface area contributed by atoms with Gasteiger partial charge in [0, 0.05) is 28.5 Å². The number of hydrogen-bond acceptors (Lipinski definition) is 3. The predicted molar refractivity (Wildman–Crippen MR) is 102 cm³/mol. The Bertz CT molecular complexity index is 736. The second-order valence-corrected chi connectivity index (χ2v) is 7.14. The SMILES string of the molecule is O=C(COc1cccc(Br)c1)N/N=C/c1ccn(C2CCCCC2)c1. The van der Waals surface area contributed by atoms with Crippen molar-refractivity contribution in [3.05, 3.63) is 52.8 Å². The van der Waals surface area contributed by atoms with E-state index in [0.717, 1.165) is 10.0 Å². The van der Waals surface area contributed by atoms with Crippen molar-refractivity contribution < 1.29 is 9.53 Å². The first-order valence-corrected chi connectivity index (χ1v) is 9.38. The third-order valence-corrected chi connectivity index (χ3v) is 4.80. The molecule has 0 aliphatic heterocycles. The topological polar surface area (TPSA) is 55.6 Å². The summed E-state index contributed by atoms with van der Waals surface area (Å²) >= 11 is 3.36. The van der Waals surface area contributed by atoms with Gasteiger partial charge >= 0.3 is 0 Å². The van der Waals surface area contributed by atoms with Gasteiger partial charge in [0.2, 0.25) is 0 Å². The van der Waals surface area contributed by atoms with Crippen molar-refractivity contribution in [2.45, 2.75) is 38.1 Å². The number of hydrazone groups is 1. The second kappa shape index (κ2) is 8.85. The van der Waals surface area contributed by atoms with Gasteiger partial charge in [-0.3, -0.25) is 4.79 Å². The van der Waals surface area contributed by atoms with Crippen molar-refractivity contribution in [2.24, 2.45) is 5.10 Å². The van der Waals surface area contributed by atoms with Crippen LogP contribution in [0.2, 0.25) is 0 Å². The van der Waals surface area contributed by atoms with Crippen LogP contribution in [0.4, 0.5) is 0 Å². The number of carbonyl (C=O) groups is 1. The summed E-state index contributed by atoms with van der Waals surface area (Å²) in [4.78, 5) is 11.8. The number of hydrogen-bond donors (Lipinski definition) is 1. The number of benzene rings is 1. The maximum absolute atomic E-state index is 11.8. The minimum atomic E-state index is -0.289. The van der Waals surface area contributed by atoms with Crippen molar-refractivity contribution >= 4 is 28.1 Å². The highest BCUT2D eigenvalue weighted by Gasteiger charge is 2.14. The van der Waals surface area contributed by atoms with Crippen LogP contribution in [0.25, 0.3) is 0 Å². The minimum absolute atomic E-state index is 0.0725. The average Bonchev–Trinajstić information content (AvgIpc) is 3.10. The van der Waals surface area contributed by atoms with Crippen molar-refractivity contribution in [3.63, 3.8) is 0 Å². The highest BCUT2D eigenvalue weighted by atomic mass is 79.9. The minimum Gasteiger partial charge on any atom is -0.484 e. The summed E-state index contributed by atoms with van der Waals surface area (Å²) in [5.74, 6) is 0.348. The molecule has 1 N–H and O–H groups in total. The van der Waals surface area contributed by atoms with Gasteiger partial charge < -0.3 is 9.30 Å². The lowest BCUT2D eigenvalue weighted by Crippen LogP contribution is -2.24. The van der Waals surface area contributed by atoms with Gasteiger partial charge in [-0.1, -0.05) is 41.3 Å². The molecule has 0 saturated heterocycles. The summed E-state index contributed by atoms with van der Waals surface area (Å²) in [7, 11) is 0. The van der Waals surface area contributed by atoms with E-state index in [1.807, 2.05) is 24.3 Å². The molecule has 1 amide bonds. The molecule has 0 radical (unpaired) electrons. The molecular formula is C19H22BrN3O2. The van der Waals surface area contributed by atoms with Gasteiger partial charge in [0.1, 0.15) is 5.75 Å². The zero-order chi connectivity index (χ0) is 17.5. The third kappa shape index (κ3) is 5.46. The molecule has 3 rings (SSSR count). The van der Waals surface area contributed by atoms with Crippen LogP contribution in [0.5, 0.6) is 5.75 Å². The molecule has 1 fully saturated rings. The van der Waals surface area contributed by atoms with Crippen LogP contribution < -0.4 is 10.2 Å². The number of ether oxygens (including phenoxy) is 1. The van der Waals surface area contributed by atoms with E-state index < -0.39 is 0 Å². The van der Waals surface area contributed by atoms with Crippen molar-refractivity contribution in [1.82, 2.24) is 9.99 Å². The third-order valence-electron chi connectivity index (χ3n) is 4.30. The fraction of sp³-hybridized carbons (Fsp3) is 0.368. The number of halogens is 1. The molecule has 1 aromatic heterocycles. The zero-order valence-electron chi connectivity index (χ0n) is 14.0. The number of amides is 1. The summed E-state index contributed by atoms with van der Waals surface area (Å²) in [5, 5.41) is 4.00. The number of carbonyl (C=O) groups excluding carboxylic acids is 1. The molecule has 1 aliphatic carbocycles. The summed E-state index contributed by atoms with van der Waals surface area (Å²) < 4.78 is 8.59. The molecule has 6 heteroatoms. The molecule has 5 nitrogen and oxygen atoms in total. The Morgan fingerprint density at radius 3 is 2.96 bits per heavy atom. The second-order valence-electron chi connectivity index (χ2n) is 6.22. The molecule has 1 aliphatic rings. The van der Waals surface area contributed by atoms with E-state index in [4.69, 9.17) is 4.74 Å². The molecule has 1 saturated carbocycles. The van der Waals surface area contributed by atoms with Crippen LogP contribution in [-0.4, -0.2) is 23.3 Å². The smallest absolute Gasteiger partial charge is 0.277 e. The first-order chi connectivity index (χ1) is 12.2. The van der Waals surface area contributed by atoms with Gasteiger partial charge in [0.25, 0.3) is 5.91 Å². The summed E-state index contributed by atoms with van der Waals surface area (Å²) in [6.45, 7) is -0.0725. The Labute approximate surface area is 156 Å². The predicted octanol–water partition coefficient (Wildman–Crippen LogP) is 4.28. The van der Waals surface area contributed by atoms with Crippen molar-refractivity contribution in [3.8, 4) is 5.75 Å². The van der Waals surface area contributed by atoms with E-state index in [1.165, 1.54) is 32.1 Å². The lowest BCUT2D eigenvalue weighted by atomic mass is 9.95. The molecule has 0 atom stereocenters. The first-order valence-electron chi connectivity index (χ1n) is 8.58. The van der Waals surface area contributed by atoms with E-state index >= 15 is 0 Å². The molecule has 0 unspecified atom stereocenters. The number of rotatable bonds is 6. The number of aromatic nitrogens is 1. The van der Waals surface area contributed by atoms with Gasteiger partial charge in [-0.15, -0.1) is 0 Å². The molecule has 0 spiro atoms. The van der Waals surface area contributed by atoms with E-state index in [9.17, 15) is 4.79 Å². The van der Waals surface area contributed by atoms with E-state index in [2.05, 4.69) is 43.4 Å². The van der Waals surface area contributed by atoms with Crippen LogP contribution in [0.3, 0.4) is 0 Å². The summed E-state index contributed by atoms with van der Waals surface area (Å²) in [6.07, 6.45) is 12.3. The molecule has 1 aromatic carbocycles. The molecule has 25 heavy (non-hydrogen) atoms. The maximum atomic E-state index is 11.8. The van der Waals surface area contributed by atoms with Gasteiger partial charge in [-0.05, 0) is 37.1 Å².